The second-order valence-corrected chi connectivity index (χ2v) is 5.15. The van der Waals surface area contributed by atoms with Crippen LogP contribution < -0.4 is 5.73 Å². The molecule has 1 fully saturated rings. The Labute approximate surface area is 85.3 Å². The Morgan fingerprint density at radius 2 is 2.14 bits per heavy atom. The van der Waals surface area contributed by atoms with Crippen molar-refractivity contribution in [3.05, 3.63) is 17.7 Å². The summed E-state index contributed by atoms with van der Waals surface area (Å²) in [5.74, 6) is 1.18. The van der Waals surface area contributed by atoms with Crippen molar-refractivity contribution in [2.24, 2.45) is 5.73 Å². The maximum absolute atomic E-state index is 5.62. The van der Waals surface area contributed by atoms with Crippen LogP contribution in [0.25, 0.3) is 0 Å². The van der Waals surface area contributed by atoms with Crippen LogP contribution in [0.5, 0.6) is 0 Å². The van der Waals surface area contributed by atoms with Gasteiger partial charge in [0.15, 0.2) is 0 Å². The third kappa shape index (κ3) is 1.69. The van der Waals surface area contributed by atoms with Gasteiger partial charge >= 0.3 is 0 Å². The zero-order valence-corrected chi connectivity index (χ0v) is 9.25. The molecule has 0 unspecified atom stereocenters. The molecule has 1 aromatic rings. The average Bonchev–Trinajstić information content (AvgIpc) is 2.83. The first kappa shape index (κ1) is 9.71. The highest BCUT2D eigenvalue weighted by atomic mass is 15.1. The fourth-order valence-corrected chi connectivity index (χ4v) is 1.73. The Kier molecular flexibility index (Phi) is 2.14. The van der Waals surface area contributed by atoms with E-state index in [0.717, 1.165) is 5.69 Å². The first-order chi connectivity index (χ1) is 6.52. The number of hydrogen-bond acceptors (Lipinski definition) is 2. The molecule has 0 aromatic carbocycles. The van der Waals surface area contributed by atoms with E-state index >= 15 is 0 Å². The zero-order valence-electron chi connectivity index (χ0n) is 9.25. The molecule has 2 N–H and O–H groups in total. The molecule has 2 rings (SSSR count). The minimum atomic E-state index is 0.121. The van der Waals surface area contributed by atoms with Gasteiger partial charge in [0.2, 0.25) is 0 Å². The van der Waals surface area contributed by atoms with Crippen molar-refractivity contribution < 1.29 is 0 Å². The molecule has 0 bridgehead atoms. The van der Waals surface area contributed by atoms with Crippen molar-refractivity contribution in [1.82, 2.24) is 9.55 Å². The Balaban J connectivity index is 2.40. The quantitative estimate of drug-likeness (QED) is 0.780. The maximum atomic E-state index is 5.62. The van der Waals surface area contributed by atoms with Gasteiger partial charge in [-0.05, 0) is 12.8 Å². The van der Waals surface area contributed by atoms with E-state index in [2.05, 4.69) is 36.5 Å². The molecule has 14 heavy (non-hydrogen) atoms. The van der Waals surface area contributed by atoms with Crippen LogP contribution in [0.1, 0.15) is 51.2 Å². The molecular weight excluding hydrogens is 174 g/mol. The minimum absolute atomic E-state index is 0.121. The highest BCUT2D eigenvalue weighted by Crippen LogP contribution is 2.38. The van der Waals surface area contributed by atoms with Crippen molar-refractivity contribution in [3.8, 4) is 0 Å². The van der Waals surface area contributed by atoms with E-state index in [1.54, 1.807) is 0 Å². The smallest absolute Gasteiger partial charge is 0.114 e. The lowest BCUT2D eigenvalue weighted by atomic mass is 9.95. The Morgan fingerprint density at radius 3 is 2.57 bits per heavy atom. The minimum Gasteiger partial charge on any atom is -0.331 e. The van der Waals surface area contributed by atoms with Crippen LogP contribution in [0.4, 0.5) is 0 Å². The van der Waals surface area contributed by atoms with Crippen LogP contribution in [0.2, 0.25) is 0 Å². The summed E-state index contributed by atoms with van der Waals surface area (Å²) in [6.45, 7) is 7.15. The highest BCUT2D eigenvalue weighted by molar-refractivity contribution is 5.14. The Morgan fingerprint density at radius 1 is 1.50 bits per heavy atom. The normalized spacial score (nSPS) is 17.4. The summed E-state index contributed by atoms with van der Waals surface area (Å²) in [6, 6.07) is 0.692. The fourth-order valence-electron chi connectivity index (χ4n) is 1.73. The van der Waals surface area contributed by atoms with Gasteiger partial charge in [0.1, 0.15) is 5.82 Å². The van der Waals surface area contributed by atoms with Crippen molar-refractivity contribution in [1.29, 1.82) is 0 Å². The number of hydrogen-bond donors (Lipinski definition) is 1. The fraction of sp³-hybridized carbons (Fsp3) is 0.727. The van der Waals surface area contributed by atoms with Crippen molar-refractivity contribution >= 4 is 0 Å². The number of nitrogens with two attached hydrogens (primary N) is 1. The molecule has 0 amide bonds. The van der Waals surface area contributed by atoms with Crippen LogP contribution in [0.15, 0.2) is 6.20 Å². The Hall–Kier alpha value is -0.830. The number of aromatic nitrogens is 2. The number of nitrogens with zero attached hydrogens (tertiary/aromatic N) is 2. The molecule has 0 saturated heterocycles. The lowest BCUT2D eigenvalue weighted by Gasteiger charge is -2.19. The van der Waals surface area contributed by atoms with Gasteiger partial charge in [-0.3, -0.25) is 0 Å². The van der Waals surface area contributed by atoms with Gasteiger partial charge in [-0.15, -0.1) is 0 Å². The van der Waals surface area contributed by atoms with Crippen LogP contribution in [-0.4, -0.2) is 9.55 Å². The van der Waals surface area contributed by atoms with Gasteiger partial charge in [0, 0.05) is 24.2 Å². The summed E-state index contributed by atoms with van der Waals surface area (Å²) in [5, 5.41) is 0. The molecule has 3 nitrogen and oxygen atoms in total. The van der Waals surface area contributed by atoms with E-state index in [-0.39, 0.29) is 5.41 Å². The highest BCUT2D eigenvalue weighted by Gasteiger charge is 2.30. The van der Waals surface area contributed by atoms with E-state index in [4.69, 9.17) is 5.73 Å². The molecule has 1 aliphatic carbocycles. The van der Waals surface area contributed by atoms with Gasteiger partial charge in [-0.2, -0.15) is 0 Å². The predicted molar refractivity (Wildman–Crippen MR) is 57.1 cm³/mol. The van der Waals surface area contributed by atoms with Crippen LogP contribution >= 0.6 is 0 Å². The topological polar surface area (TPSA) is 43.8 Å². The standard InChI is InChI=1S/C11H19N3/c1-11(2,3)10-13-8(6-12)7-14(10)9-4-5-9/h7,9H,4-6,12H2,1-3H3. The van der Waals surface area contributed by atoms with E-state index in [1.165, 1.54) is 18.7 Å². The van der Waals surface area contributed by atoms with Crippen molar-refractivity contribution in [3.63, 3.8) is 0 Å². The lowest BCUT2D eigenvalue weighted by Crippen LogP contribution is -2.18. The van der Waals surface area contributed by atoms with Crippen LogP contribution in [-0.2, 0) is 12.0 Å². The Bertz CT molecular complexity index is 329. The van der Waals surface area contributed by atoms with E-state index in [1.807, 2.05) is 0 Å². The van der Waals surface area contributed by atoms with Crippen LogP contribution in [0, 0.1) is 0 Å². The molecular formula is C11H19N3. The van der Waals surface area contributed by atoms with Crippen molar-refractivity contribution in [2.45, 2.75) is 51.6 Å². The third-order valence-electron chi connectivity index (χ3n) is 2.60. The monoisotopic (exact) mass is 193 g/mol. The molecule has 0 spiro atoms. The molecule has 0 aliphatic heterocycles. The first-order valence-corrected chi connectivity index (χ1v) is 5.30. The summed E-state index contributed by atoms with van der Waals surface area (Å²) in [4.78, 5) is 4.60. The lowest BCUT2D eigenvalue weighted by molar-refractivity contribution is 0.501. The van der Waals surface area contributed by atoms with Crippen molar-refractivity contribution in [2.75, 3.05) is 0 Å². The molecule has 3 heteroatoms. The van der Waals surface area contributed by atoms with Gasteiger partial charge < -0.3 is 10.3 Å². The number of imidazole rings is 1. The van der Waals surface area contributed by atoms with Gasteiger partial charge in [0.05, 0.1) is 5.69 Å². The molecule has 1 saturated carbocycles. The van der Waals surface area contributed by atoms with E-state index in [9.17, 15) is 0 Å². The third-order valence-corrected chi connectivity index (χ3v) is 2.60. The molecule has 1 aliphatic rings. The van der Waals surface area contributed by atoms with Gasteiger partial charge in [-0.25, -0.2) is 4.98 Å². The molecule has 1 aromatic heterocycles. The van der Waals surface area contributed by atoms with Crippen LogP contribution in [0.3, 0.4) is 0 Å². The first-order valence-electron chi connectivity index (χ1n) is 5.30. The van der Waals surface area contributed by atoms with Gasteiger partial charge in [0.25, 0.3) is 0 Å². The molecule has 0 radical (unpaired) electrons. The molecule has 0 atom stereocenters. The van der Waals surface area contributed by atoms with E-state index < -0.39 is 0 Å². The second kappa shape index (κ2) is 3.09. The van der Waals surface area contributed by atoms with E-state index in [0.29, 0.717) is 12.6 Å². The predicted octanol–water partition coefficient (Wildman–Crippen LogP) is 1.97. The maximum Gasteiger partial charge on any atom is 0.114 e. The zero-order chi connectivity index (χ0) is 10.3. The summed E-state index contributed by atoms with van der Waals surface area (Å²) in [7, 11) is 0. The SMILES string of the molecule is CC(C)(C)c1nc(CN)cn1C1CC1. The summed E-state index contributed by atoms with van der Waals surface area (Å²) < 4.78 is 2.32. The largest absolute Gasteiger partial charge is 0.331 e. The van der Waals surface area contributed by atoms with Gasteiger partial charge in [-0.1, -0.05) is 20.8 Å². The second-order valence-electron chi connectivity index (χ2n) is 5.15. The summed E-state index contributed by atoms with van der Waals surface area (Å²) >= 11 is 0. The summed E-state index contributed by atoms with van der Waals surface area (Å²) in [5.41, 5.74) is 6.76. The molecule has 78 valence electrons. The average molecular weight is 193 g/mol. The number of rotatable bonds is 2. The summed E-state index contributed by atoms with van der Waals surface area (Å²) in [6.07, 6.45) is 4.71. The molecule has 1 heterocycles.